The number of hydrogen-bond donors (Lipinski definition) is 10. The van der Waals surface area contributed by atoms with Crippen LogP contribution < -0.4 is 29.8 Å². The molecule has 3 unspecified atom stereocenters. The van der Waals surface area contributed by atoms with Crippen molar-refractivity contribution < 1.29 is 56.8 Å². The normalized spacial score (nSPS) is 20.1. The molecule has 1 fully saturated rings. The summed E-state index contributed by atoms with van der Waals surface area (Å²) in [6.45, 7) is 0.906. The van der Waals surface area contributed by atoms with E-state index in [1.54, 1.807) is 6.20 Å². The van der Waals surface area contributed by atoms with Gasteiger partial charge in [0.25, 0.3) is 0 Å². The Kier molecular flexibility index (Phi) is 21.9. The molecule has 18 nitrogen and oxygen atoms in total. The van der Waals surface area contributed by atoms with Gasteiger partial charge in [-0.05, 0) is 31.2 Å². The van der Waals surface area contributed by atoms with Crippen LogP contribution in [0.25, 0.3) is 11.0 Å². The van der Waals surface area contributed by atoms with E-state index in [0.717, 1.165) is 0 Å². The number of ether oxygens (including phenoxy) is 1. The molecule has 1 aliphatic rings. The minimum atomic E-state index is -1.74. The maximum atomic E-state index is 13.1. The average molecular weight is 571 g/mol. The quantitative estimate of drug-likeness (QED) is 0.113. The number of halogens is 1. The lowest BCUT2D eigenvalue weighted by Crippen LogP contribution is -2.44. The molecule has 0 spiro atoms. The molecule has 4 atom stereocenters. The predicted molar refractivity (Wildman–Crippen MR) is 138 cm³/mol. The molecule has 1 aromatic carbocycles. The molecule has 0 amide bonds. The summed E-state index contributed by atoms with van der Waals surface area (Å²) in [5.41, 5.74) is 1.49. The largest absolute Gasteiger partial charge is 0.412 e. The lowest BCUT2D eigenvalue weighted by atomic mass is 9.96. The monoisotopic (exact) mass is 570 g/mol. The van der Waals surface area contributed by atoms with Crippen molar-refractivity contribution in [2.45, 2.75) is 31.0 Å². The summed E-state index contributed by atoms with van der Waals surface area (Å²) in [4.78, 5) is 8.19. The number of aliphatic hydroxyl groups excluding tert-OH is 2. The third-order valence-electron chi connectivity index (χ3n) is 5.09. The third kappa shape index (κ3) is 8.53. The SMILES string of the molecule is C[C@@]1(O)C(O)C(CO)OC1n1cc(C#Cc2ccc(F)cc2)c2c(NO)ncnc21.N.N.N.NO.O.O.O.O. The first-order chi connectivity index (χ1) is 15.4. The third-order valence-corrected chi connectivity index (χ3v) is 5.09. The first-order valence-electron chi connectivity index (χ1n) is 9.32. The number of hydrogen-bond acceptors (Lipinski definition) is 13. The van der Waals surface area contributed by atoms with E-state index in [2.05, 4.69) is 27.7 Å². The summed E-state index contributed by atoms with van der Waals surface area (Å²) in [5.74, 6) is 9.03. The summed E-state index contributed by atoms with van der Waals surface area (Å²) in [7, 11) is 0. The topological polar surface area (TPSA) is 410 Å². The van der Waals surface area contributed by atoms with Gasteiger partial charge >= 0.3 is 0 Å². The van der Waals surface area contributed by atoms with E-state index in [9.17, 15) is 24.9 Å². The first-order valence-corrected chi connectivity index (χ1v) is 9.32. The van der Waals surface area contributed by atoms with E-state index < -0.39 is 30.6 Å². The fraction of sp³-hybridized carbons (Fsp3) is 0.300. The zero-order chi connectivity index (χ0) is 23.5. The fourth-order valence-electron chi connectivity index (χ4n) is 3.51. The molecule has 0 radical (unpaired) electrons. The van der Waals surface area contributed by atoms with E-state index in [0.29, 0.717) is 16.5 Å². The van der Waals surface area contributed by atoms with Gasteiger partial charge in [0.15, 0.2) is 12.0 Å². The Morgan fingerprint density at radius 3 is 2.13 bits per heavy atom. The number of nitrogens with two attached hydrogens (primary N) is 1. The van der Waals surface area contributed by atoms with Gasteiger partial charge < -0.3 is 70.2 Å². The smallest absolute Gasteiger partial charge is 0.167 e. The van der Waals surface area contributed by atoms with E-state index in [-0.39, 0.29) is 57.6 Å². The molecule has 226 valence electrons. The molecule has 3 aromatic rings. The zero-order valence-corrected chi connectivity index (χ0v) is 21.0. The summed E-state index contributed by atoms with van der Waals surface area (Å²) in [6, 6.07) is 5.63. The predicted octanol–water partition coefficient (Wildman–Crippen LogP) is -2.71. The number of aromatic nitrogens is 3. The van der Waals surface area contributed by atoms with Crippen LogP contribution in [0.3, 0.4) is 0 Å². The Labute approximate surface area is 221 Å². The maximum absolute atomic E-state index is 13.1. The van der Waals surface area contributed by atoms with E-state index >= 15 is 0 Å². The van der Waals surface area contributed by atoms with Gasteiger partial charge in [-0.2, -0.15) is 0 Å². The number of nitrogens with zero attached hydrogens (tertiary/aromatic N) is 3. The van der Waals surface area contributed by atoms with Gasteiger partial charge in [-0.25, -0.2) is 20.3 Å². The van der Waals surface area contributed by atoms with Crippen molar-refractivity contribution in [3.8, 4) is 11.8 Å². The number of nitrogens with one attached hydrogen (secondary N) is 1. The molecular formula is C20H39FN8O10. The number of benzene rings is 1. The number of anilines is 1. The number of rotatable bonds is 3. The Morgan fingerprint density at radius 1 is 1.08 bits per heavy atom. The standard InChI is InChI=1S/C20H19FN4O5.H3NO.3H3N.4H2O/c1-20(28)16(27)14(9-26)30-19(20)25-8-12(5-2-11-3-6-13(21)7-4-11)15-17(24-29)22-10-23-18(15)25;1-2;;;;;;;/h3-4,6-8,10,14,16,19,26-29H,9H2,1H3,(H,22,23,24);2H,1H2;3*1H3;4*1H2/t14?,16?,19?,20-;;;;;;;;/m1......../s1. The van der Waals surface area contributed by atoms with Crippen LogP contribution in [-0.4, -0.2) is 86.6 Å². The highest BCUT2D eigenvalue weighted by Crippen LogP contribution is 2.40. The van der Waals surface area contributed by atoms with Crippen molar-refractivity contribution in [1.82, 2.24) is 33.0 Å². The van der Waals surface area contributed by atoms with E-state index in [4.69, 9.17) is 9.94 Å². The highest BCUT2D eigenvalue weighted by Gasteiger charge is 2.53. The van der Waals surface area contributed by atoms with Crippen molar-refractivity contribution in [2.24, 2.45) is 5.90 Å². The van der Waals surface area contributed by atoms with Gasteiger partial charge in [-0.15, -0.1) is 0 Å². The van der Waals surface area contributed by atoms with Crippen molar-refractivity contribution in [1.29, 1.82) is 0 Å². The second-order valence-corrected chi connectivity index (χ2v) is 7.12. The number of aliphatic hydroxyl groups is 3. The van der Waals surface area contributed by atoms with Gasteiger partial charge in [-0.3, -0.25) is 10.7 Å². The summed E-state index contributed by atoms with van der Waals surface area (Å²) in [5, 5.41) is 46.9. The minimum absolute atomic E-state index is 0. The summed E-state index contributed by atoms with van der Waals surface area (Å²) in [6.07, 6.45) is -0.667. The lowest BCUT2D eigenvalue weighted by Gasteiger charge is -2.27. The molecule has 2 aromatic heterocycles. The molecular weight excluding hydrogens is 531 g/mol. The van der Waals surface area contributed by atoms with Gasteiger partial charge in [0.05, 0.1) is 17.6 Å². The van der Waals surface area contributed by atoms with Crippen LogP contribution in [0.15, 0.2) is 36.8 Å². The molecule has 0 aliphatic carbocycles. The molecule has 0 saturated carbocycles. The zero-order valence-electron chi connectivity index (χ0n) is 21.0. The Hall–Kier alpha value is -3.43. The van der Waals surface area contributed by atoms with Crippen LogP contribution in [0.2, 0.25) is 0 Å². The van der Waals surface area contributed by atoms with Crippen molar-refractivity contribution in [3.63, 3.8) is 0 Å². The van der Waals surface area contributed by atoms with Gasteiger partial charge in [0.1, 0.15) is 35.6 Å². The maximum Gasteiger partial charge on any atom is 0.167 e. The molecule has 19 heteroatoms. The molecule has 3 heterocycles. The molecule has 1 saturated heterocycles. The second-order valence-electron chi connectivity index (χ2n) is 7.12. The Balaban J connectivity index is -0.000000419. The Bertz CT molecular complexity index is 1160. The molecule has 1 aliphatic heterocycles. The first kappa shape index (κ1) is 45.5. The molecule has 4 rings (SSSR count). The van der Waals surface area contributed by atoms with Crippen LogP contribution in [0.5, 0.6) is 0 Å². The van der Waals surface area contributed by atoms with Gasteiger partial charge in [0.2, 0.25) is 0 Å². The molecule has 39 heavy (non-hydrogen) atoms. The van der Waals surface area contributed by atoms with Crippen LogP contribution >= 0.6 is 0 Å². The van der Waals surface area contributed by atoms with Gasteiger partial charge in [0, 0.05) is 11.8 Å². The van der Waals surface area contributed by atoms with E-state index in [1.165, 1.54) is 42.1 Å². The lowest BCUT2D eigenvalue weighted by molar-refractivity contribution is -0.0948. The fourth-order valence-corrected chi connectivity index (χ4v) is 3.51. The number of fused-ring (bicyclic) bond motifs is 1. The van der Waals surface area contributed by atoms with Crippen LogP contribution in [-0.2, 0) is 4.74 Å². The van der Waals surface area contributed by atoms with Crippen molar-refractivity contribution in [2.75, 3.05) is 12.1 Å². The van der Waals surface area contributed by atoms with E-state index in [1.807, 2.05) is 5.48 Å². The Morgan fingerprint density at radius 2 is 1.64 bits per heavy atom. The molecule has 0 bridgehead atoms. The summed E-state index contributed by atoms with van der Waals surface area (Å²) < 4.78 is 20.3. The highest BCUT2D eigenvalue weighted by molar-refractivity contribution is 5.93. The van der Waals surface area contributed by atoms with Crippen molar-refractivity contribution >= 4 is 16.9 Å². The van der Waals surface area contributed by atoms with Crippen LogP contribution in [0, 0.1) is 17.7 Å². The minimum Gasteiger partial charge on any atom is -0.412 e. The summed E-state index contributed by atoms with van der Waals surface area (Å²) >= 11 is 0. The van der Waals surface area contributed by atoms with Gasteiger partial charge in [-0.1, -0.05) is 11.8 Å². The highest BCUT2D eigenvalue weighted by atomic mass is 19.1. The van der Waals surface area contributed by atoms with Crippen molar-refractivity contribution in [3.05, 3.63) is 53.7 Å². The van der Waals surface area contributed by atoms with Crippen LogP contribution in [0.4, 0.5) is 10.2 Å². The second kappa shape index (κ2) is 18.8. The average Bonchev–Trinajstić information content (AvgIpc) is 3.29. The van der Waals surface area contributed by atoms with Crippen LogP contribution in [0.1, 0.15) is 24.3 Å². The molecule has 25 N–H and O–H groups in total.